The van der Waals surface area contributed by atoms with Gasteiger partial charge in [0.05, 0.1) is 6.04 Å². The molecule has 0 radical (unpaired) electrons. The molecule has 0 saturated heterocycles. The lowest BCUT2D eigenvalue weighted by Crippen LogP contribution is -2.28. The fraction of sp³-hybridized carbons (Fsp3) is 0.286. The number of rotatable bonds is 5. The van der Waals surface area contributed by atoms with Gasteiger partial charge >= 0.3 is 0 Å². The number of hydrogen-bond acceptors (Lipinski definition) is 3. The molecule has 0 aliphatic heterocycles. The number of amides is 1. The fourth-order valence-electron chi connectivity index (χ4n) is 1.79. The number of aromatic nitrogens is 1. The fourth-order valence-corrected chi connectivity index (χ4v) is 2.52. The van der Waals surface area contributed by atoms with Gasteiger partial charge in [0, 0.05) is 30.1 Å². The second-order valence-electron chi connectivity index (χ2n) is 4.29. The van der Waals surface area contributed by atoms with Crippen molar-refractivity contribution >= 4 is 17.2 Å². The average molecular weight is 276 g/mol. The summed E-state index contributed by atoms with van der Waals surface area (Å²) in [6.07, 6.45) is 2.00. The van der Waals surface area contributed by atoms with Crippen molar-refractivity contribution in [3.05, 3.63) is 57.1 Å². The molecule has 0 aromatic carbocycles. The molecule has 4 nitrogen and oxygen atoms in total. The summed E-state index contributed by atoms with van der Waals surface area (Å²) in [5.74, 6) is -0.0448. The first-order valence-corrected chi connectivity index (χ1v) is 7.03. The predicted octanol–water partition coefficient (Wildman–Crippen LogP) is 2.18. The van der Waals surface area contributed by atoms with E-state index in [1.165, 1.54) is 10.6 Å². The minimum Gasteiger partial charge on any atom is -0.349 e. The van der Waals surface area contributed by atoms with E-state index in [0.717, 1.165) is 4.88 Å². The molecular weight excluding hydrogens is 260 g/mol. The Morgan fingerprint density at radius 1 is 1.37 bits per heavy atom. The van der Waals surface area contributed by atoms with Crippen LogP contribution in [0.15, 0.2) is 46.7 Å². The Bertz CT molecular complexity index is 589. The molecule has 0 unspecified atom stereocenters. The zero-order valence-electron chi connectivity index (χ0n) is 10.7. The maximum absolute atomic E-state index is 11.8. The minimum absolute atomic E-state index is 0.0139. The number of hydrogen-bond donors (Lipinski definition) is 1. The van der Waals surface area contributed by atoms with Crippen LogP contribution >= 0.6 is 11.3 Å². The van der Waals surface area contributed by atoms with Gasteiger partial charge < -0.3 is 9.88 Å². The van der Waals surface area contributed by atoms with Crippen LogP contribution in [0.3, 0.4) is 0 Å². The topological polar surface area (TPSA) is 51.1 Å². The van der Waals surface area contributed by atoms with Gasteiger partial charge in [-0.15, -0.1) is 11.3 Å². The lowest BCUT2D eigenvalue weighted by Gasteiger charge is -2.12. The molecule has 2 heterocycles. The summed E-state index contributed by atoms with van der Waals surface area (Å²) in [5.41, 5.74) is -0.0818. The zero-order valence-corrected chi connectivity index (χ0v) is 11.5. The molecule has 1 amide bonds. The summed E-state index contributed by atoms with van der Waals surface area (Å²) in [5, 5.41) is 4.92. The number of thiophene rings is 1. The van der Waals surface area contributed by atoms with Crippen molar-refractivity contribution in [1.82, 2.24) is 9.88 Å². The Kier molecular flexibility index (Phi) is 4.52. The Balaban J connectivity index is 1.85. The van der Waals surface area contributed by atoms with Crippen LogP contribution in [0, 0.1) is 0 Å². The highest BCUT2D eigenvalue weighted by Crippen LogP contribution is 2.17. The van der Waals surface area contributed by atoms with Crippen LogP contribution in [0.1, 0.15) is 24.3 Å². The highest BCUT2D eigenvalue weighted by atomic mass is 32.1. The van der Waals surface area contributed by atoms with Gasteiger partial charge in [-0.05, 0) is 24.4 Å². The molecule has 2 rings (SSSR count). The molecule has 0 fully saturated rings. The number of aryl methyl sites for hydroxylation is 1. The van der Waals surface area contributed by atoms with Gasteiger partial charge in [-0.1, -0.05) is 12.1 Å². The van der Waals surface area contributed by atoms with Gasteiger partial charge in [-0.2, -0.15) is 0 Å². The number of nitrogens with zero attached hydrogens (tertiary/aromatic N) is 1. The van der Waals surface area contributed by atoms with Gasteiger partial charge in [0.15, 0.2) is 0 Å². The van der Waals surface area contributed by atoms with Crippen LogP contribution in [0.25, 0.3) is 0 Å². The molecule has 0 bridgehead atoms. The van der Waals surface area contributed by atoms with Crippen LogP contribution in [-0.4, -0.2) is 10.5 Å². The third-order valence-corrected chi connectivity index (χ3v) is 3.88. The summed E-state index contributed by atoms with van der Waals surface area (Å²) in [7, 11) is 0. The molecule has 100 valence electrons. The molecular formula is C14H16N2O2S. The standard InChI is InChI=1S/C14H16N2O2S/c1-11(12-5-4-10-19-12)15-13(17)7-9-16-8-3-2-6-14(16)18/h2-6,8,10-11H,7,9H2,1H3,(H,15,17)/t11-/m1/s1. The van der Waals surface area contributed by atoms with Crippen LogP contribution in [0.2, 0.25) is 0 Å². The van der Waals surface area contributed by atoms with Crippen molar-refractivity contribution in [3.8, 4) is 0 Å². The van der Waals surface area contributed by atoms with Crippen molar-refractivity contribution in [3.63, 3.8) is 0 Å². The third-order valence-electron chi connectivity index (χ3n) is 2.83. The summed E-state index contributed by atoms with van der Waals surface area (Å²) >= 11 is 1.62. The molecule has 2 aromatic heterocycles. The first-order chi connectivity index (χ1) is 9.16. The van der Waals surface area contributed by atoms with E-state index in [1.54, 1.807) is 29.7 Å². The molecule has 19 heavy (non-hydrogen) atoms. The third kappa shape index (κ3) is 3.79. The maximum Gasteiger partial charge on any atom is 0.250 e. The average Bonchev–Trinajstić information content (AvgIpc) is 2.91. The van der Waals surface area contributed by atoms with Crippen molar-refractivity contribution in [2.75, 3.05) is 0 Å². The van der Waals surface area contributed by atoms with E-state index in [9.17, 15) is 9.59 Å². The SMILES string of the molecule is C[C@@H](NC(=O)CCn1ccccc1=O)c1cccs1. The van der Waals surface area contributed by atoms with Crippen molar-refractivity contribution in [2.24, 2.45) is 0 Å². The van der Waals surface area contributed by atoms with Gasteiger partial charge in [-0.3, -0.25) is 9.59 Å². The van der Waals surface area contributed by atoms with E-state index >= 15 is 0 Å². The summed E-state index contributed by atoms with van der Waals surface area (Å²) in [6.45, 7) is 2.36. The molecule has 0 aliphatic rings. The van der Waals surface area contributed by atoms with Crippen molar-refractivity contribution in [1.29, 1.82) is 0 Å². The van der Waals surface area contributed by atoms with Crippen LogP contribution in [-0.2, 0) is 11.3 Å². The highest BCUT2D eigenvalue weighted by Gasteiger charge is 2.10. The van der Waals surface area contributed by atoms with Gasteiger partial charge in [-0.25, -0.2) is 0 Å². The number of carbonyl (C=O) groups excluding carboxylic acids is 1. The van der Waals surface area contributed by atoms with Gasteiger partial charge in [0.1, 0.15) is 0 Å². The zero-order chi connectivity index (χ0) is 13.7. The second kappa shape index (κ2) is 6.33. The normalized spacial score (nSPS) is 12.1. The molecule has 1 N–H and O–H groups in total. The number of nitrogens with one attached hydrogen (secondary N) is 1. The van der Waals surface area contributed by atoms with Gasteiger partial charge in [0.2, 0.25) is 5.91 Å². The summed E-state index contributed by atoms with van der Waals surface area (Å²) in [4.78, 5) is 24.4. The van der Waals surface area contributed by atoms with E-state index < -0.39 is 0 Å². The Hall–Kier alpha value is -1.88. The minimum atomic E-state index is -0.0818. The molecule has 0 spiro atoms. The molecule has 0 saturated carbocycles. The van der Waals surface area contributed by atoms with E-state index in [2.05, 4.69) is 5.32 Å². The summed E-state index contributed by atoms with van der Waals surface area (Å²) < 4.78 is 1.54. The first kappa shape index (κ1) is 13.5. The molecule has 2 aromatic rings. The number of pyridine rings is 1. The van der Waals surface area contributed by atoms with E-state index in [4.69, 9.17) is 0 Å². The second-order valence-corrected chi connectivity index (χ2v) is 5.27. The predicted molar refractivity (Wildman–Crippen MR) is 76.2 cm³/mol. The lowest BCUT2D eigenvalue weighted by atomic mass is 10.2. The largest absolute Gasteiger partial charge is 0.349 e. The Morgan fingerprint density at radius 2 is 2.21 bits per heavy atom. The molecule has 5 heteroatoms. The van der Waals surface area contributed by atoms with Crippen LogP contribution < -0.4 is 10.9 Å². The first-order valence-electron chi connectivity index (χ1n) is 6.15. The van der Waals surface area contributed by atoms with Crippen LogP contribution in [0.5, 0.6) is 0 Å². The van der Waals surface area contributed by atoms with Gasteiger partial charge in [0.25, 0.3) is 5.56 Å². The van der Waals surface area contributed by atoms with Crippen molar-refractivity contribution in [2.45, 2.75) is 25.9 Å². The maximum atomic E-state index is 11.8. The molecule has 1 atom stereocenters. The smallest absolute Gasteiger partial charge is 0.250 e. The van der Waals surface area contributed by atoms with Crippen molar-refractivity contribution < 1.29 is 4.79 Å². The quantitative estimate of drug-likeness (QED) is 0.910. The monoisotopic (exact) mass is 276 g/mol. The van der Waals surface area contributed by atoms with E-state index in [1.807, 2.05) is 24.4 Å². The summed E-state index contributed by atoms with van der Waals surface area (Å²) in [6, 6.07) is 8.95. The Labute approximate surface area is 115 Å². The van der Waals surface area contributed by atoms with E-state index in [0.29, 0.717) is 13.0 Å². The Morgan fingerprint density at radius 3 is 2.89 bits per heavy atom. The highest BCUT2D eigenvalue weighted by molar-refractivity contribution is 7.10. The van der Waals surface area contributed by atoms with Crippen LogP contribution in [0.4, 0.5) is 0 Å². The molecule has 0 aliphatic carbocycles. The lowest BCUT2D eigenvalue weighted by molar-refractivity contribution is -0.121. The number of carbonyl (C=O) groups is 1. The van der Waals surface area contributed by atoms with E-state index in [-0.39, 0.29) is 17.5 Å².